The molecule has 0 amide bonds. The third-order valence-corrected chi connectivity index (χ3v) is 8.88. The minimum atomic E-state index is -0.0375. The van der Waals surface area contributed by atoms with Crippen molar-refractivity contribution in [1.29, 1.82) is 0 Å². The van der Waals surface area contributed by atoms with E-state index in [-0.39, 0.29) is 5.69 Å². The van der Waals surface area contributed by atoms with Gasteiger partial charge in [0.25, 0.3) is 0 Å². The molecule has 48 heavy (non-hydrogen) atoms. The van der Waals surface area contributed by atoms with Gasteiger partial charge in [0, 0.05) is 30.8 Å². The molecule has 0 saturated carbocycles. The summed E-state index contributed by atoms with van der Waals surface area (Å²) in [5.74, 6) is 1.84. The summed E-state index contributed by atoms with van der Waals surface area (Å²) in [5.41, 5.74) is 11.2. The van der Waals surface area contributed by atoms with Crippen LogP contribution in [0, 0.1) is 0 Å². The first-order chi connectivity index (χ1) is 23.5. The standard InChI is InChI=1S/C42H31N5O/c1-46-37-26-25-36(27-38(37)47(2)42(46)48)32-19-23-35(24-20-32)41-44-39(33-11-7-4-8-12-33)43-40(45-41)34-21-17-31(18-22-34)30-15-13-29(14-16-30)28-9-5-3-6-10-28/h3-27H,1-2H3. The highest BCUT2D eigenvalue weighted by Crippen LogP contribution is 2.30. The smallest absolute Gasteiger partial charge is 0.295 e. The molecule has 0 aliphatic heterocycles. The van der Waals surface area contributed by atoms with E-state index >= 15 is 0 Å². The molecule has 0 unspecified atom stereocenters. The van der Waals surface area contributed by atoms with Gasteiger partial charge in [-0.3, -0.25) is 9.13 Å². The van der Waals surface area contributed by atoms with E-state index in [2.05, 4.69) is 91.0 Å². The second kappa shape index (κ2) is 12.1. The summed E-state index contributed by atoms with van der Waals surface area (Å²) in [7, 11) is 3.60. The predicted octanol–water partition coefficient (Wildman–Crippen LogP) is 9.06. The Hall–Kier alpha value is -6.40. The molecule has 0 fully saturated rings. The maximum absolute atomic E-state index is 12.4. The largest absolute Gasteiger partial charge is 0.328 e. The van der Waals surface area contributed by atoms with Gasteiger partial charge in [-0.2, -0.15) is 0 Å². The van der Waals surface area contributed by atoms with E-state index in [1.54, 1.807) is 23.2 Å². The summed E-state index contributed by atoms with van der Waals surface area (Å²) < 4.78 is 3.35. The van der Waals surface area contributed by atoms with Crippen LogP contribution >= 0.6 is 0 Å². The second-order valence-electron chi connectivity index (χ2n) is 11.9. The Morgan fingerprint density at radius 1 is 0.354 bits per heavy atom. The molecule has 0 spiro atoms. The normalized spacial score (nSPS) is 11.2. The minimum absolute atomic E-state index is 0.0375. The molecular formula is C42H31N5O. The Bertz CT molecular complexity index is 2450. The third kappa shape index (κ3) is 5.39. The maximum Gasteiger partial charge on any atom is 0.328 e. The van der Waals surface area contributed by atoms with Gasteiger partial charge in [0.2, 0.25) is 0 Å². The van der Waals surface area contributed by atoms with Gasteiger partial charge in [-0.25, -0.2) is 19.7 Å². The molecular weight excluding hydrogens is 590 g/mol. The molecule has 2 aromatic heterocycles. The SMILES string of the molecule is Cn1c(=O)n(C)c2cc(-c3ccc(-c4nc(-c5ccccc5)nc(-c5ccc(-c6ccc(-c7ccccc7)cc6)cc5)n4)cc3)ccc21. The lowest BCUT2D eigenvalue weighted by Gasteiger charge is -2.10. The molecule has 6 nitrogen and oxygen atoms in total. The molecule has 2 heterocycles. The van der Waals surface area contributed by atoms with Gasteiger partial charge in [-0.15, -0.1) is 0 Å². The molecule has 0 aliphatic carbocycles. The zero-order valence-corrected chi connectivity index (χ0v) is 26.6. The summed E-state index contributed by atoms with van der Waals surface area (Å²) in [6.45, 7) is 0. The maximum atomic E-state index is 12.4. The van der Waals surface area contributed by atoms with Gasteiger partial charge in [-0.05, 0) is 45.5 Å². The van der Waals surface area contributed by atoms with Crippen LogP contribution in [0.5, 0.6) is 0 Å². The van der Waals surface area contributed by atoms with Gasteiger partial charge >= 0.3 is 5.69 Å². The van der Waals surface area contributed by atoms with Crippen LogP contribution in [0.3, 0.4) is 0 Å². The molecule has 0 aliphatic rings. The molecule has 6 aromatic carbocycles. The quantitative estimate of drug-likeness (QED) is 0.186. The van der Waals surface area contributed by atoms with Crippen LogP contribution in [0.2, 0.25) is 0 Å². The monoisotopic (exact) mass is 621 g/mol. The fourth-order valence-electron chi connectivity index (χ4n) is 6.15. The fraction of sp³-hybridized carbons (Fsp3) is 0.0476. The lowest BCUT2D eigenvalue weighted by molar-refractivity contribution is 0.795. The van der Waals surface area contributed by atoms with Crippen LogP contribution in [0.15, 0.2) is 156 Å². The van der Waals surface area contributed by atoms with E-state index in [4.69, 9.17) is 15.0 Å². The van der Waals surface area contributed by atoms with Crippen molar-refractivity contribution in [1.82, 2.24) is 24.1 Å². The number of benzene rings is 6. The first-order valence-corrected chi connectivity index (χ1v) is 15.9. The number of rotatable bonds is 6. The summed E-state index contributed by atoms with van der Waals surface area (Å²) in [5, 5.41) is 0. The van der Waals surface area contributed by atoms with E-state index in [9.17, 15) is 4.79 Å². The van der Waals surface area contributed by atoms with E-state index < -0.39 is 0 Å². The van der Waals surface area contributed by atoms with Crippen molar-refractivity contribution in [2.24, 2.45) is 14.1 Å². The minimum Gasteiger partial charge on any atom is -0.295 e. The van der Waals surface area contributed by atoms with Crippen molar-refractivity contribution in [3.63, 3.8) is 0 Å². The molecule has 8 rings (SSSR count). The molecule has 230 valence electrons. The summed E-state index contributed by atoms with van der Waals surface area (Å²) in [4.78, 5) is 27.2. The molecule has 0 bridgehead atoms. The molecule has 8 aromatic rings. The van der Waals surface area contributed by atoms with Crippen molar-refractivity contribution in [3.8, 4) is 67.5 Å². The number of aryl methyl sites for hydroxylation is 2. The first kappa shape index (κ1) is 29.0. The van der Waals surface area contributed by atoms with Gasteiger partial charge < -0.3 is 0 Å². The number of aromatic nitrogens is 5. The van der Waals surface area contributed by atoms with E-state index in [0.29, 0.717) is 17.5 Å². The van der Waals surface area contributed by atoms with Crippen molar-refractivity contribution in [2.45, 2.75) is 0 Å². The first-order valence-electron chi connectivity index (χ1n) is 15.9. The topological polar surface area (TPSA) is 65.6 Å². The van der Waals surface area contributed by atoms with Crippen LogP contribution in [0.4, 0.5) is 0 Å². The van der Waals surface area contributed by atoms with Crippen LogP contribution in [0.25, 0.3) is 78.6 Å². The predicted molar refractivity (Wildman–Crippen MR) is 194 cm³/mol. The Balaban J connectivity index is 1.12. The van der Waals surface area contributed by atoms with Gasteiger partial charge in [0.15, 0.2) is 17.5 Å². The molecule has 0 radical (unpaired) electrons. The van der Waals surface area contributed by atoms with E-state index in [1.165, 1.54) is 11.1 Å². The highest BCUT2D eigenvalue weighted by Gasteiger charge is 2.14. The Labute approximate surface area is 278 Å². The van der Waals surface area contributed by atoms with Crippen molar-refractivity contribution >= 4 is 11.0 Å². The number of nitrogens with zero attached hydrogens (tertiary/aromatic N) is 5. The Morgan fingerprint density at radius 3 is 1.12 bits per heavy atom. The number of fused-ring (bicyclic) bond motifs is 1. The van der Waals surface area contributed by atoms with Gasteiger partial charge in [0.1, 0.15) is 0 Å². The van der Waals surface area contributed by atoms with Crippen molar-refractivity contribution in [2.75, 3.05) is 0 Å². The highest BCUT2D eigenvalue weighted by atomic mass is 16.1. The molecule has 0 saturated heterocycles. The number of hydrogen-bond acceptors (Lipinski definition) is 4. The average molecular weight is 622 g/mol. The van der Waals surface area contributed by atoms with Gasteiger partial charge in [0.05, 0.1) is 11.0 Å². The van der Waals surface area contributed by atoms with Crippen LogP contribution in [-0.2, 0) is 14.1 Å². The number of imidazole rings is 1. The van der Waals surface area contributed by atoms with Crippen molar-refractivity contribution in [3.05, 3.63) is 162 Å². The summed E-state index contributed by atoms with van der Waals surface area (Å²) in [6, 6.07) is 51.8. The summed E-state index contributed by atoms with van der Waals surface area (Å²) in [6.07, 6.45) is 0. The number of hydrogen-bond donors (Lipinski definition) is 0. The Kier molecular flexibility index (Phi) is 7.31. The van der Waals surface area contributed by atoms with Crippen LogP contribution in [0.1, 0.15) is 0 Å². The lowest BCUT2D eigenvalue weighted by Crippen LogP contribution is -2.19. The molecule has 0 atom stereocenters. The lowest BCUT2D eigenvalue weighted by atomic mass is 9.99. The fourth-order valence-corrected chi connectivity index (χ4v) is 6.15. The second-order valence-corrected chi connectivity index (χ2v) is 11.9. The molecule has 6 heteroatoms. The molecule has 0 N–H and O–H groups in total. The zero-order valence-electron chi connectivity index (χ0n) is 26.6. The van der Waals surface area contributed by atoms with Gasteiger partial charge in [-0.1, -0.05) is 140 Å². The third-order valence-electron chi connectivity index (χ3n) is 8.88. The van der Waals surface area contributed by atoms with E-state index in [1.807, 2.05) is 60.7 Å². The van der Waals surface area contributed by atoms with Crippen molar-refractivity contribution < 1.29 is 0 Å². The van der Waals surface area contributed by atoms with E-state index in [0.717, 1.165) is 50.0 Å². The summed E-state index contributed by atoms with van der Waals surface area (Å²) >= 11 is 0. The zero-order chi connectivity index (χ0) is 32.6. The van der Waals surface area contributed by atoms with Crippen LogP contribution in [-0.4, -0.2) is 24.1 Å². The van der Waals surface area contributed by atoms with Crippen LogP contribution < -0.4 is 5.69 Å². The Morgan fingerprint density at radius 2 is 0.667 bits per heavy atom. The highest BCUT2D eigenvalue weighted by molar-refractivity contribution is 5.83. The average Bonchev–Trinajstić information content (AvgIpc) is 3.38.